The van der Waals surface area contributed by atoms with Crippen LogP contribution in [0.15, 0.2) is 36.4 Å². The van der Waals surface area contributed by atoms with Gasteiger partial charge in [0.25, 0.3) is 5.91 Å². The molecule has 0 heterocycles. The van der Waals surface area contributed by atoms with Crippen LogP contribution < -0.4 is 16.4 Å². The Labute approximate surface area is 133 Å². The lowest BCUT2D eigenvalue weighted by molar-refractivity contribution is 0.0956. The number of nitrogen functional groups attached to an aromatic ring is 1. The molecule has 0 aliphatic heterocycles. The van der Waals surface area contributed by atoms with E-state index < -0.39 is 0 Å². The largest absolute Gasteiger partial charge is 0.397 e. The zero-order valence-electron chi connectivity index (χ0n) is 11.4. The normalized spacial score (nSPS) is 10.2. The van der Waals surface area contributed by atoms with Crippen LogP contribution in [0.1, 0.15) is 17.3 Å². The maximum absolute atomic E-state index is 11.7. The van der Waals surface area contributed by atoms with Crippen molar-refractivity contribution in [2.45, 2.75) is 6.92 Å². The summed E-state index contributed by atoms with van der Waals surface area (Å²) >= 11 is 12.1. The molecule has 2 aromatic rings. The number of anilines is 3. The van der Waals surface area contributed by atoms with Crippen LogP contribution in [0.5, 0.6) is 0 Å². The Hall–Kier alpha value is -1.91. The maximum Gasteiger partial charge on any atom is 0.251 e. The number of nitrogens with two attached hydrogens (primary N) is 1. The molecule has 0 saturated carbocycles. The Bertz CT molecular complexity index is 674. The number of benzene rings is 2. The van der Waals surface area contributed by atoms with Crippen LogP contribution in [-0.2, 0) is 0 Å². The first-order chi connectivity index (χ1) is 10.0. The molecule has 0 aliphatic rings. The maximum atomic E-state index is 11.7. The van der Waals surface area contributed by atoms with Crippen LogP contribution in [0.4, 0.5) is 17.1 Å². The molecule has 110 valence electrons. The molecule has 0 bridgehead atoms. The Morgan fingerprint density at radius 2 is 1.95 bits per heavy atom. The molecule has 0 fully saturated rings. The van der Waals surface area contributed by atoms with Gasteiger partial charge in [0.05, 0.1) is 27.1 Å². The quantitative estimate of drug-likeness (QED) is 0.743. The summed E-state index contributed by atoms with van der Waals surface area (Å²) in [6.07, 6.45) is 0. The highest BCUT2D eigenvalue weighted by atomic mass is 35.5. The average Bonchev–Trinajstić information content (AvgIpc) is 2.46. The van der Waals surface area contributed by atoms with Gasteiger partial charge in [-0.2, -0.15) is 0 Å². The molecular weight excluding hydrogens is 309 g/mol. The summed E-state index contributed by atoms with van der Waals surface area (Å²) in [7, 11) is 0. The van der Waals surface area contributed by atoms with Crippen molar-refractivity contribution in [3.63, 3.8) is 0 Å². The molecule has 21 heavy (non-hydrogen) atoms. The van der Waals surface area contributed by atoms with Crippen molar-refractivity contribution in [3.8, 4) is 0 Å². The molecule has 6 heteroatoms. The molecule has 0 aromatic heterocycles. The average molecular weight is 324 g/mol. The standard InChI is InChI=1S/C15H15Cl2N3O/c1-2-19-15(21)9-6-7-12(11(18)8-9)20-13-5-3-4-10(16)14(13)17/h3-8,20H,2,18H2,1H3,(H,19,21). The van der Waals surface area contributed by atoms with Crippen molar-refractivity contribution in [1.82, 2.24) is 5.32 Å². The van der Waals surface area contributed by atoms with Gasteiger partial charge in [-0.15, -0.1) is 0 Å². The summed E-state index contributed by atoms with van der Waals surface area (Å²) in [5, 5.41) is 6.71. The summed E-state index contributed by atoms with van der Waals surface area (Å²) in [6.45, 7) is 2.43. The van der Waals surface area contributed by atoms with Gasteiger partial charge in [0.1, 0.15) is 0 Å². The van der Waals surface area contributed by atoms with Crippen LogP contribution in [0.2, 0.25) is 10.0 Å². The molecule has 4 N–H and O–H groups in total. The lowest BCUT2D eigenvalue weighted by Gasteiger charge is -2.12. The molecule has 0 unspecified atom stereocenters. The second-order valence-electron chi connectivity index (χ2n) is 4.39. The summed E-state index contributed by atoms with van der Waals surface area (Å²) in [5.41, 5.74) is 8.25. The molecule has 0 aliphatic carbocycles. The lowest BCUT2D eigenvalue weighted by Crippen LogP contribution is -2.22. The third-order valence-corrected chi connectivity index (χ3v) is 3.69. The third kappa shape index (κ3) is 3.60. The van der Waals surface area contributed by atoms with E-state index in [0.29, 0.717) is 39.2 Å². The SMILES string of the molecule is CCNC(=O)c1ccc(Nc2cccc(Cl)c2Cl)c(N)c1. The van der Waals surface area contributed by atoms with Gasteiger partial charge in [0.2, 0.25) is 0 Å². The molecule has 2 rings (SSSR count). The monoisotopic (exact) mass is 323 g/mol. The summed E-state index contributed by atoms with van der Waals surface area (Å²) < 4.78 is 0. The Balaban J connectivity index is 2.25. The van der Waals surface area contributed by atoms with Gasteiger partial charge in [-0.25, -0.2) is 0 Å². The molecular formula is C15H15Cl2N3O. The van der Waals surface area contributed by atoms with Gasteiger partial charge in [-0.05, 0) is 37.3 Å². The fourth-order valence-corrected chi connectivity index (χ4v) is 2.17. The van der Waals surface area contributed by atoms with E-state index in [4.69, 9.17) is 28.9 Å². The van der Waals surface area contributed by atoms with Crippen LogP contribution in [0.3, 0.4) is 0 Å². The highest BCUT2D eigenvalue weighted by Crippen LogP contribution is 2.33. The van der Waals surface area contributed by atoms with E-state index in [1.165, 1.54) is 0 Å². The minimum absolute atomic E-state index is 0.156. The van der Waals surface area contributed by atoms with Crippen LogP contribution in [0.25, 0.3) is 0 Å². The molecule has 0 atom stereocenters. The molecule has 2 aromatic carbocycles. The van der Waals surface area contributed by atoms with Crippen LogP contribution in [0, 0.1) is 0 Å². The predicted octanol–water partition coefficient (Wildman–Crippen LogP) is 4.07. The number of carbonyl (C=O) groups is 1. The van der Waals surface area contributed by atoms with Crippen molar-refractivity contribution in [1.29, 1.82) is 0 Å². The molecule has 0 spiro atoms. The second-order valence-corrected chi connectivity index (χ2v) is 5.17. The van der Waals surface area contributed by atoms with E-state index >= 15 is 0 Å². The number of amides is 1. The van der Waals surface area contributed by atoms with Crippen molar-refractivity contribution >= 4 is 46.2 Å². The van der Waals surface area contributed by atoms with Crippen LogP contribution in [-0.4, -0.2) is 12.5 Å². The minimum Gasteiger partial charge on any atom is -0.397 e. The highest BCUT2D eigenvalue weighted by Gasteiger charge is 2.09. The topological polar surface area (TPSA) is 67.2 Å². The van der Waals surface area contributed by atoms with E-state index in [9.17, 15) is 4.79 Å². The predicted molar refractivity (Wildman–Crippen MR) is 88.6 cm³/mol. The first-order valence-electron chi connectivity index (χ1n) is 6.41. The first-order valence-corrected chi connectivity index (χ1v) is 7.17. The van der Waals surface area contributed by atoms with E-state index in [2.05, 4.69) is 10.6 Å². The first kappa shape index (κ1) is 15.5. The van der Waals surface area contributed by atoms with Crippen molar-refractivity contribution in [3.05, 3.63) is 52.0 Å². The number of rotatable bonds is 4. The van der Waals surface area contributed by atoms with Gasteiger partial charge in [-0.3, -0.25) is 4.79 Å². The lowest BCUT2D eigenvalue weighted by atomic mass is 10.1. The van der Waals surface area contributed by atoms with Crippen molar-refractivity contribution in [2.24, 2.45) is 0 Å². The van der Waals surface area contributed by atoms with E-state index in [1.807, 2.05) is 6.92 Å². The number of hydrogen-bond acceptors (Lipinski definition) is 3. The number of carbonyl (C=O) groups excluding carboxylic acids is 1. The van der Waals surface area contributed by atoms with E-state index in [0.717, 1.165) is 0 Å². The molecule has 1 amide bonds. The zero-order valence-corrected chi connectivity index (χ0v) is 12.9. The zero-order chi connectivity index (χ0) is 15.4. The highest BCUT2D eigenvalue weighted by molar-refractivity contribution is 6.43. The van der Waals surface area contributed by atoms with Gasteiger partial charge < -0.3 is 16.4 Å². The van der Waals surface area contributed by atoms with Gasteiger partial charge in [0.15, 0.2) is 0 Å². The van der Waals surface area contributed by atoms with E-state index in [-0.39, 0.29) is 5.91 Å². The number of hydrogen-bond donors (Lipinski definition) is 3. The van der Waals surface area contributed by atoms with Crippen molar-refractivity contribution < 1.29 is 4.79 Å². The van der Waals surface area contributed by atoms with Gasteiger partial charge >= 0.3 is 0 Å². The molecule has 0 saturated heterocycles. The van der Waals surface area contributed by atoms with Crippen molar-refractivity contribution in [2.75, 3.05) is 17.6 Å². The Morgan fingerprint density at radius 1 is 1.19 bits per heavy atom. The van der Waals surface area contributed by atoms with E-state index in [1.54, 1.807) is 36.4 Å². The smallest absolute Gasteiger partial charge is 0.251 e. The number of nitrogens with one attached hydrogen (secondary N) is 2. The summed E-state index contributed by atoms with van der Waals surface area (Å²) in [6, 6.07) is 10.3. The summed E-state index contributed by atoms with van der Waals surface area (Å²) in [4.78, 5) is 11.7. The molecule has 0 radical (unpaired) electrons. The molecule has 4 nitrogen and oxygen atoms in total. The third-order valence-electron chi connectivity index (χ3n) is 2.87. The minimum atomic E-state index is -0.156. The van der Waals surface area contributed by atoms with Gasteiger partial charge in [-0.1, -0.05) is 29.3 Å². The van der Waals surface area contributed by atoms with Gasteiger partial charge in [0, 0.05) is 12.1 Å². The summed E-state index contributed by atoms with van der Waals surface area (Å²) in [5.74, 6) is -0.156. The second kappa shape index (κ2) is 6.70. The Morgan fingerprint density at radius 3 is 2.62 bits per heavy atom. The fourth-order valence-electron chi connectivity index (χ4n) is 1.83. The Kier molecular flexibility index (Phi) is 4.94. The van der Waals surface area contributed by atoms with Crippen LogP contribution >= 0.6 is 23.2 Å². The number of halogens is 2. The fraction of sp³-hybridized carbons (Fsp3) is 0.133.